The fraction of sp³-hybridized carbons (Fsp3) is 0.227. The molecular weight excluding hydrogens is 370 g/mol. The number of ether oxygens (including phenoxy) is 2. The molecule has 1 heterocycles. The van der Waals surface area contributed by atoms with E-state index in [0.717, 1.165) is 11.1 Å². The van der Waals surface area contributed by atoms with E-state index < -0.39 is 30.1 Å². The molecule has 2 N–H and O–H groups in total. The van der Waals surface area contributed by atoms with Crippen LogP contribution < -0.4 is 10.6 Å². The lowest BCUT2D eigenvalue weighted by molar-refractivity contribution is -0.146. The van der Waals surface area contributed by atoms with Crippen molar-refractivity contribution in [1.29, 1.82) is 5.26 Å². The number of benzene rings is 2. The molecule has 29 heavy (non-hydrogen) atoms. The van der Waals surface area contributed by atoms with Crippen LogP contribution in [0.25, 0.3) is 0 Å². The van der Waals surface area contributed by atoms with Gasteiger partial charge in [-0.15, -0.1) is 0 Å². The number of hydrogen-bond acceptors (Lipinski definition) is 7. The van der Waals surface area contributed by atoms with Crippen molar-refractivity contribution in [3.05, 3.63) is 83.1 Å². The molecule has 7 nitrogen and oxygen atoms in total. The minimum atomic E-state index is -0.934. The third kappa shape index (κ3) is 4.13. The number of esters is 2. The zero-order valence-corrected chi connectivity index (χ0v) is 16.1. The van der Waals surface area contributed by atoms with Crippen LogP contribution in [0, 0.1) is 17.2 Å². The predicted molar refractivity (Wildman–Crippen MR) is 105 cm³/mol. The van der Waals surface area contributed by atoms with Gasteiger partial charge in [-0.1, -0.05) is 60.7 Å². The van der Waals surface area contributed by atoms with Crippen LogP contribution in [0.4, 0.5) is 0 Å². The van der Waals surface area contributed by atoms with E-state index >= 15 is 0 Å². The van der Waals surface area contributed by atoms with E-state index in [2.05, 4.69) is 10.6 Å². The SMILES string of the molecule is COC(=O)/C(C#N)=C1\NC(c2ccccc2)NC(c2ccccc2)C1C(=O)OC. The minimum absolute atomic E-state index is 0.174. The predicted octanol–water partition coefficient (Wildman–Crippen LogP) is 2.36. The first kappa shape index (κ1) is 20.1. The van der Waals surface area contributed by atoms with Crippen LogP contribution in [0.1, 0.15) is 23.3 Å². The molecule has 0 radical (unpaired) electrons. The number of nitriles is 1. The third-order valence-corrected chi connectivity index (χ3v) is 4.81. The molecule has 2 aromatic carbocycles. The van der Waals surface area contributed by atoms with Crippen molar-refractivity contribution in [1.82, 2.24) is 10.6 Å². The van der Waals surface area contributed by atoms with Gasteiger partial charge in [-0.2, -0.15) is 5.26 Å². The molecule has 7 heteroatoms. The number of methoxy groups -OCH3 is 2. The second-order valence-corrected chi connectivity index (χ2v) is 6.44. The summed E-state index contributed by atoms with van der Waals surface area (Å²) in [5, 5.41) is 16.2. The highest BCUT2D eigenvalue weighted by Crippen LogP contribution is 2.36. The van der Waals surface area contributed by atoms with Gasteiger partial charge in [0.05, 0.1) is 26.0 Å². The van der Waals surface area contributed by atoms with E-state index in [4.69, 9.17) is 9.47 Å². The highest BCUT2D eigenvalue weighted by Gasteiger charge is 2.42. The second-order valence-electron chi connectivity index (χ2n) is 6.44. The number of rotatable bonds is 4. The van der Waals surface area contributed by atoms with Gasteiger partial charge in [0.15, 0.2) is 5.57 Å². The molecule has 3 atom stereocenters. The number of nitrogens with zero attached hydrogens (tertiary/aromatic N) is 1. The maximum Gasteiger partial charge on any atom is 0.350 e. The molecule has 0 bridgehead atoms. The lowest BCUT2D eigenvalue weighted by Gasteiger charge is -2.40. The van der Waals surface area contributed by atoms with Gasteiger partial charge < -0.3 is 14.8 Å². The van der Waals surface area contributed by atoms with Crippen molar-refractivity contribution in [2.45, 2.75) is 12.2 Å². The molecule has 0 saturated carbocycles. The quantitative estimate of drug-likeness (QED) is 0.469. The molecule has 2 aromatic rings. The molecule has 0 amide bonds. The van der Waals surface area contributed by atoms with Crippen LogP contribution in [-0.2, 0) is 19.1 Å². The van der Waals surface area contributed by atoms with E-state index in [1.165, 1.54) is 14.2 Å². The molecule has 1 aliphatic heterocycles. The van der Waals surface area contributed by atoms with Gasteiger partial charge in [0, 0.05) is 0 Å². The Morgan fingerprint density at radius 1 is 0.931 bits per heavy atom. The summed E-state index contributed by atoms with van der Waals surface area (Å²) in [7, 11) is 2.47. The summed E-state index contributed by atoms with van der Waals surface area (Å²) in [5.41, 5.74) is 1.63. The maximum atomic E-state index is 12.7. The number of carbonyl (C=O) groups is 2. The van der Waals surface area contributed by atoms with Crippen LogP contribution >= 0.6 is 0 Å². The molecule has 148 valence electrons. The third-order valence-electron chi connectivity index (χ3n) is 4.81. The van der Waals surface area contributed by atoms with Crippen LogP contribution in [0.3, 0.4) is 0 Å². The second kappa shape index (κ2) is 9.04. The van der Waals surface area contributed by atoms with Gasteiger partial charge >= 0.3 is 11.9 Å². The molecule has 0 aromatic heterocycles. The van der Waals surface area contributed by atoms with Gasteiger partial charge in [-0.3, -0.25) is 10.1 Å². The number of hydrogen-bond donors (Lipinski definition) is 2. The van der Waals surface area contributed by atoms with Crippen LogP contribution in [-0.4, -0.2) is 26.2 Å². The smallest absolute Gasteiger partial charge is 0.350 e. The Morgan fingerprint density at radius 3 is 2.03 bits per heavy atom. The summed E-state index contributed by atoms with van der Waals surface area (Å²) in [6.07, 6.45) is -0.440. The Kier molecular flexibility index (Phi) is 6.27. The molecule has 1 fully saturated rings. The van der Waals surface area contributed by atoms with Crippen LogP contribution in [0.2, 0.25) is 0 Å². The lowest BCUT2D eigenvalue weighted by atomic mass is 9.85. The van der Waals surface area contributed by atoms with Gasteiger partial charge in [-0.05, 0) is 11.1 Å². The van der Waals surface area contributed by atoms with E-state index in [1.54, 1.807) is 0 Å². The number of nitrogens with one attached hydrogen (secondary N) is 2. The fourth-order valence-corrected chi connectivity index (χ4v) is 3.43. The van der Waals surface area contributed by atoms with E-state index in [0.29, 0.717) is 0 Å². The minimum Gasteiger partial charge on any atom is -0.468 e. The molecule has 0 aliphatic carbocycles. The summed E-state index contributed by atoms with van der Waals surface area (Å²) in [6, 6.07) is 20.2. The lowest BCUT2D eigenvalue weighted by Crippen LogP contribution is -2.51. The maximum absolute atomic E-state index is 12.7. The zero-order valence-electron chi connectivity index (χ0n) is 16.1. The summed E-state index contributed by atoms with van der Waals surface area (Å²) in [6.45, 7) is 0. The van der Waals surface area contributed by atoms with Crippen molar-refractivity contribution < 1.29 is 19.1 Å². The summed E-state index contributed by atoms with van der Waals surface area (Å²) in [4.78, 5) is 25.0. The van der Waals surface area contributed by atoms with E-state index in [9.17, 15) is 14.9 Å². The highest BCUT2D eigenvalue weighted by atomic mass is 16.5. The highest BCUT2D eigenvalue weighted by molar-refractivity contribution is 5.95. The first-order valence-corrected chi connectivity index (χ1v) is 9.03. The molecular formula is C22H21N3O4. The van der Waals surface area contributed by atoms with Crippen molar-refractivity contribution in [3.8, 4) is 6.07 Å². The van der Waals surface area contributed by atoms with Crippen LogP contribution in [0.15, 0.2) is 71.9 Å². The van der Waals surface area contributed by atoms with E-state index in [1.807, 2.05) is 66.7 Å². The topological polar surface area (TPSA) is 100 Å². The molecule has 3 unspecified atom stereocenters. The zero-order chi connectivity index (χ0) is 20.8. The Bertz CT molecular complexity index is 951. The Labute approximate surface area is 168 Å². The average Bonchev–Trinajstić information content (AvgIpc) is 2.79. The van der Waals surface area contributed by atoms with Gasteiger partial charge in [0.1, 0.15) is 18.2 Å². The van der Waals surface area contributed by atoms with Crippen molar-refractivity contribution in [3.63, 3.8) is 0 Å². The Balaban J connectivity index is 2.19. The monoisotopic (exact) mass is 391 g/mol. The molecule has 1 aliphatic rings. The first-order chi connectivity index (χ1) is 14.1. The van der Waals surface area contributed by atoms with Gasteiger partial charge in [0.2, 0.25) is 0 Å². The van der Waals surface area contributed by atoms with Crippen molar-refractivity contribution in [2.24, 2.45) is 5.92 Å². The van der Waals surface area contributed by atoms with Crippen molar-refractivity contribution in [2.75, 3.05) is 14.2 Å². The molecule has 0 spiro atoms. The Morgan fingerprint density at radius 2 is 1.52 bits per heavy atom. The molecule has 3 rings (SSSR count). The standard InChI is InChI=1S/C22H21N3O4/c1-28-21(26)16(13-23)19-17(22(27)29-2)18(14-9-5-3-6-10-14)24-20(25-19)15-11-7-4-8-12-15/h3-12,17-18,20,24-25H,1-2H3/b19-16-. The van der Waals surface area contributed by atoms with Crippen LogP contribution in [0.5, 0.6) is 0 Å². The van der Waals surface area contributed by atoms with E-state index in [-0.39, 0.29) is 11.3 Å². The Hall–Kier alpha value is -3.63. The average molecular weight is 391 g/mol. The van der Waals surface area contributed by atoms with Gasteiger partial charge in [0.25, 0.3) is 0 Å². The normalized spacial score (nSPS) is 22.6. The largest absolute Gasteiger partial charge is 0.468 e. The molecule has 1 saturated heterocycles. The summed E-state index contributed by atoms with van der Waals surface area (Å²) in [5.74, 6) is -2.32. The van der Waals surface area contributed by atoms with Gasteiger partial charge in [-0.25, -0.2) is 4.79 Å². The van der Waals surface area contributed by atoms with Crippen molar-refractivity contribution >= 4 is 11.9 Å². The number of carbonyl (C=O) groups excluding carboxylic acids is 2. The summed E-state index contributed by atoms with van der Waals surface area (Å²) < 4.78 is 9.77. The first-order valence-electron chi connectivity index (χ1n) is 9.03. The summed E-state index contributed by atoms with van der Waals surface area (Å²) >= 11 is 0. The fourth-order valence-electron chi connectivity index (χ4n) is 3.43.